The van der Waals surface area contributed by atoms with Crippen molar-refractivity contribution in [2.75, 3.05) is 13.7 Å². The Morgan fingerprint density at radius 1 is 0.667 bits per heavy atom. The Kier molecular flexibility index (Phi) is 24.0. The molecule has 0 fully saturated rings. The van der Waals surface area contributed by atoms with Gasteiger partial charge in [0.2, 0.25) is 11.8 Å². The first kappa shape index (κ1) is 34.4. The van der Waals surface area contributed by atoms with Gasteiger partial charge in [-0.1, -0.05) is 111 Å². The van der Waals surface area contributed by atoms with Gasteiger partial charge >= 0.3 is 5.97 Å². The standard InChI is InChI=1S/C30H58N2O4/c1-5-6-7-8-9-10-13-16-19-22-28(33)32-27(25-26(2)3)30(35)31-24-21-18-15-12-11-14-17-20-23-29(34)36-4/h26-27H,5-25H2,1-4H3,(H,31,35)(H,32,33)/t27-/m0/s1. The van der Waals surface area contributed by atoms with Crippen LogP contribution in [0.3, 0.4) is 0 Å². The summed E-state index contributed by atoms with van der Waals surface area (Å²) in [7, 11) is 1.44. The van der Waals surface area contributed by atoms with Crippen LogP contribution in [-0.2, 0) is 19.1 Å². The number of esters is 1. The van der Waals surface area contributed by atoms with Crippen LogP contribution in [0.1, 0.15) is 149 Å². The number of hydrogen-bond donors (Lipinski definition) is 2. The molecule has 0 aromatic carbocycles. The molecule has 0 spiro atoms. The van der Waals surface area contributed by atoms with Crippen molar-refractivity contribution < 1.29 is 19.1 Å². The van der Waals surface area contributed by atoms with E-state index < -0.39 is 6.04 Å². The van der Waals surface area contributed by atoms with Gasteiger partial charge in [0, 0.05) is 19.4 Å². The number of amides is 2. The van der Waals surface area contributed by atoms with Crippen LogP contribution in [0, 0.1) is 5.92 Å². The van der Waals surface area contributed by atoms with Crippen molar-refractivity contribution in [2.24, 2.45) is 5.92 Å². The average molecular weight is 511 g/mol. The zero-order valence-corrected chi connectivity index (χ0v) is 24.1. The van der Waals surface area contributed by atoms with Crippen LogP contribution in [0.15, 0.2) is 0 Å². The fourth-order valence-corrected chi connectivity index (χ4v) is 4.46. The topological polar surface area (TPSA) is 84.5 Å². The molecule has 212 valence electrons. The average Bonchev–Trinajstić information content (AvgIpc) is 2.85. The first-order valence-corrected chi connectivity index (χ1v) is 15.0. The van der Waals surface area contributed by atoms with Gasteiger partial charge in [0.25, 0.3) is 0 Å². The molecule has 0 saturated heterocycles. The molecule has 6 nitrogen and oxygen atoms in total. The van der Waals surface area contributed by atoms with Gasteiger partial charge in [-0.3, -0.25) is 14.4 Å². The minimum atomic E-state index is -0.430. The maximum absolute atomic E-state index is 12.7. The van der Waals surface area contributed by atoms with Gasteiger partial charge < -0.3 is 15.4 Å². The summed E-state index contributed by atoms with van der Waals surface area (Å²) in [6.07, 6.45) is 21.5. The largest absolute Gasteiger partial charge is 0.469 e. The third-order valence-corrected chi connectivity index (χ3v) is 6.70. The molecule has 0 heterocycles. The summed E-state index contributed by atoms with van der Waals surface area (Å²) in [5.74, 6) is 0.187. The Morgan fingerprint density at radius 2 is 1.14 bits per heavy atom. The number of unbranched alkanes of at least 4 members (excludes halogenated alkanes) is 15. The lowest BCUT2D eigenvalue weighted by Crippen LogP contribution is -2.47. The van der Waals surface area contributed by atoms with Crippen molar-refractivity contribution in [3.8, 4) is 0 Å². The van der Waals surface area contributed by atoms with Crippen LogP contribution in [0.2, 0.25) is 0 Å². The maximum atomic E-state index is 12.7. The molecule has 0 unspecified atom stereocenters. The van der Waals surface area contributed by atoms with Crippen molar-refractivity contribution in [1.29, 1.82) is 0 Å². The van der Waals surface area contributed by atoms with Crippen molar-refractivity contribution in [3.63, 3.8) is 0 Å². The van der Waals surface area contributed by atoms with E-state index in [-0.39, 0.29) is 17.8 Å². The lowest BCUT2D eigenvalue weighted by atomic mass is 10.0. The first-order valence-electron chi connectivity index (χ1n) is 15.0. The minimum absolute atomic E-state index is 0.00494. The number of carbonyl (C=O) groups is 3. The van der Waals surface area contributed by atoms with Crippen molar-refractivity contribution in [3.05, 3.63) is 0 Å². The molecule has 0 aromatic rings. The van der Waals surface area contributed by atoms with Crippen molar-refractivity contribution >= 4 is 17.8 Å². The third kappa shape index (κ3) is 22.8. The Labute approximate surface area is 222 Å². The second-order valence-electron chi connectivity index (χ2n) is 10.8. The highest BCUT2D eigenvalue weighted by Crippen LogP contribution is 2.12. The molecular weight excluding hydrogens is 452 g/mol. The summed E-state index contributed by atoms with van der Waals surface area (Å²) in [4.78, 5) is 36.2. The first-order chi connectivity index (χ1) is 17.4. The Morgan fingerprint density at radius 3 is 1.64 bits per heavy atom. The fourth-order valence-electron chi connectivity index (χ4n) is 4.46. The molecule has 0 aromatic heterocycles. The predicted molar refractivity (Wildman–Crippen MR) is 150 cm³/mol. The number of methoxy groups -OCH3 is 1. The highest BCUT2D eigenvalue weighted by molar-refractivity contribution is 5.87. The monoisotopic (exact) mass is 510 g/mol. The molecule has 2 N–H and O–H groups in total. The van der Waals surface area contributed by atoms with Gasteiger partial charge in [-0.25, -0.2) is 0 Å². The van der Waals surface area contributed by atoms with E-state index in [1.54, 1.807) is 0 Å². The molecule has 0 radical (unpaired) electrons. The summed E-state index contributed by atoms with van der Waals surface area (Å²) >= 11 is 0. The molecule has 0 rings (SSSR count). The summed E-state index contributed by atoms with van der Waals surface area (Å²) in [5.41, 5.74) is 0. The van der Waals surface area contributed by atoms with E-state index in [1.807, 2.05) is 0 Å². The van der Waals surface area contributed by atoms with Crippen LogP contribution < -0.4 is 10.6 Å². The molecule has 0 aliphatic heterocycles. The van der Waals surface area contributed by atoms with E-state index in [0.717, 1.165) is 51.4 Å². The second kappa shape index (κ2) is 25.1. The van der Waals surface area contributed by atoms with Crippen LogP contribution >= 0.6 is 0 Å². The summed E-state index contributed by atoms with van der Waals surface area (Å²) < 4.78 is 4.65. The highest BCUT2D eigenvalue weighted by Gasteiger charge is 2.21. The number of rotatable bonds is 25. The molecule has 0 aliphatic rings. The highest BCUT2D eigenvalue weighted by atomic mass is 16.5. The van der Waals surface area contributed by atoms with Crippen molar-refractivity contribution in [1.82, 2.24) is 10.6 Å². The number of nitrogens with one attached hydrogen (secondary N) is 2. The van der Waals surface area contributed by atoms with E-state index in [1.165, 1.54) is 64.9 Å². The molecule has 0 bridgehead atoms. The van der Waals surface area contributed by atoms with Gasteiger partial charge in [0.1, 0.15) is 6.04 Å². The summed E-state index contributed by atoms with van der Waals surface area (Å²) in [5, 5.41) is 6.03. The van der Waals surface area contributed by atoms with Gasteiger partial charge in [0.05, 0.1) is 7.11 Å². The van der Waals surface area contributed by atoms with Gasteiger partial charge in [-0.15, -0.1) is 0 Å². The Bertz CT molecular complexity index is 551. The fraction of sp³-hybridized carbons (Fsp3) is 0.900. The van der Waals surface area contributed by atoms with Gasteiger partial charge in [0.15, 0.2) is 0 Å². The lowest BCUT2D eigenvalue weighted by molar-refractivity contribution is -0.140. The van der Waals surface area contributed by atoms with Crippen LogP contribution in [0.25, 0.3) is 0 Å². The third-order valence-electron chi connectivity index (χ3n) is 6.70. The molecule has 2 amide bonds. The van der Waals surface area contributed by atoms with E-state index in [2.05, 4.69) is 36.1 Å². The van der Waals surface area contributed by atoms with E-state index in [0.29, 0.717) is 31.7 Å². The Balaban J connectivity index is 3.88. The Hall–Kier alpha value is -1.59. The zero-order chi connectivity index (χ0) is 26.9. The number of hydrogen-bond acceptors (Lipinski definition) is 4. The van der Waals surface area contributed by atoms with E-state index in [4.69, 9.17) is 0 Å². The number of ether oxygens (including phenoxy) is 1. The van der Waals surface area contributed by atoms with Gasteiger partial charge in [-0.05, 0) is 31.6 Å². The summed E-state index contributed by atoms with van der Waals surface area (Å²) in [6.45, 7) is 7.08. The summed E-state index contributed by atoms with van der Waals surface area (Å²) in [6, 6.07) is -0.430. The molecule has 0 aliphatic carbocycles. The smallest absolute Gasteiger partial charge is 0.305 e. The SMILES string of the molecule is CCCCCCCCCCCC(=O)N[C@@H](CC(C)C)C(=O)NCCCCCCCCCCC(=O)OC. The predicted octanol–water partition coefficient (Wildman–Crippen LogP) is 7.24. The zero-order valence-electron chi connectivity index (χ0n) is 24.1. The van der Waals surface area contributed by atoms with E-state index in [9.17, 15) is 14.4 Å². The minimum Gasteiger partial charge on any atom is -0.469 e. The lowest BCUT2D eigenvalue weighted by Gasteiger charge is -2.20. The molecule has 6 heteroatoms. The van der Waals surface area contributed by atoms with Crippen LogP contribution in [0.5, 0.6) is 0 Å². The normalized spacial score (nSPS) is 11.9. The van der Waals surface area contributed by atoms with Crippen molar-refractivity contribution in [2.45, 2.75) is 155 Å². The van der Waals surface area contributed by atoms with Crippen LogP contribution in [-0.4, -0.2) is 37.5 Å². The van der Waals surface area contributed by atoms with E-state index >= 15 is 0 Å². The maximum Gasteiger partial charge on any atom is 0.305 e. The molecule has 0 saturated carbocycles. The molecule has 36 heavy (non-hydrogen) atoms. The second-order valence-corrected chi connectivity index (χ2v) is 10.8. The number of carbonyl (C=O) groups excluding carboxylic acids is 3. The van der Waals surface area contributed by atoms with Crippen LogP contribution in [0.4, 0.5) is 0 Å². The quantitative estimate of drug-likeness (QED) is 0.100. The van der Waals surface area contributed by atoms with Gasteiger partial charge in [-0.2, -0.15) is 0 Å². The molecule has 1 atom stereocenters. The molecular formula is C30H58N2O4.